The van der Waals surface area contributed by atoms with Crippen molar-refractivity contribution in [3.05, 3.63) is 76.1 Å². The molecule has 0 bridgehead atoms. The van der Waals surface area contributed by atoms with Crippen molar-refractivity contribution in [1.29, 1.82) is 0 Å². The van der Waals surface area contributed by atoms with Gasteiger partial charge in [-0.25, -0.2) is 4.79 Å². The molecule has 140 valence electrons. The highest BCUT2D eigenvalue weighted by molar-refractivity contribution is 5.82. The SMILES string of the molecule is CC[C@H](C)[C@H](C(=O)OCc1cc(=O)oc2cc(O)ccc12)c1ccccc1. The Morgan fingerprint density at radius 1 is 1.15 bits per heavy atom. The lowest BCUT2D eigenvalue weighted by Gasteiger charge is -2.22. The lowest BCUT2D eigenvalue weighted by Crippen LogP contribution is -2.22. The fourth-order valence-corrected chi connectivity index (χ4v) is 3.17. The smallest absolute Gasteiger partial charge is 0.336 e. The largest absolute Gasteiger partial charge is 0.508 e. The second kappa shape index (κ2) is 8.08. The number of fused-ring (bicyclic) bond motifs is 1. The van der Waals surface area contributed by atoms with E-state index in [1.54, 1.807) is 6.07 Å². The third-order valence-electron chi connectivity index (χ3n) is 4.81. The zero-order chi connectivity index (χ0) is 19.4. The van der Waals surface area contributed by atoms with E-state index in [1.807, 2.05) is 44.2 Å². The average molecular weight is 366 g/mol. The van der Waals surface area contributed by atoms with Gasteiger partial charge in [-0.05, 0) is 23.6 Å². The normalized spacial score (nSPS) is 13.3. The number of hydrogen-bond donors (Lipinski definition) is 1. The Labute approximate surface area is 157 Å². The van der Waals surface area contributed by atoms with Crippen molar-refractivity contribution in [2.24, 2.45) is 5.92 Å². The van der Waals surface area contributed by atoms with Gasteiger partial charge < -0.3 is 14.3 Å². The van der Waals surface area contributed by atoms with Crippen LogP contribution in [0.2, 0.25) is 0 Å². The van der Waals surface area contributed by atoms with E-state index in [0.29, 0.717) is 10.9 Å². The summed E-state index contributed by atoms with van der Waals surface area (Å²) in [6.07, 6.45) is 0.839. The topological polar surface area (TPSA) is 76.7 Å². The van der Waals surface area contributed by atoms with E-state index in [-0.39, 0.29) is 35.7 Å². The molecule has 27 heavy (non-hydrogen) atoms. The van der Waals surface area contributed by atoms with Crippen LogP contribution in [0.25, 0.3) is 11.0 Å². The van der Waals surface area contributed by atoms with Gasteiger partial charge in [0.15, 0.2) is 0 Å². The lowest BCUT2D eigenvalue weighted by molar-refractivity contribution is -0.148. The summed E-state index contributed by atoms with van der Waals surface area (Å²) in [5.41, 5.74) is 1.17. The second-order valence-electron chi connectivity index (χ2n) is 6.65. The van der Waals surface area contributed by atoms with E-state index in [4.69, 9.17) is 9.15 Å². The maximum Gasteiger partial charge on any atom is 0.336 e. The van der Waals surface area contributed by atoms with Crippen LogP contribution in [0.3, 0.4) is 0 Å². The molecule has 1 aromatic heterocycles. The number of hydrogen-bond acceptors (Lipinski definition) is 5. The van der Waals surface area contributed by atoms with Gasteiger partial charge >= 0.3 is 11.6 Å². The zero-order valence-corrected chi connectivity index (χ0v) is 15.3. The minimum Gasteiger partial charge on any atom is -0.508 e. The number of esters is 1. The second-order valence-corrected chi connectivity index (χ2v) is 6.65. The molecule has 0 unspecified atom stereocenters. The minimum atomic E-state index is -0.555. The summed E-state index contributed by atoms with van der Waals surface area (Å²) in [4.78, 5) is 24.6. The molecule has 0 radical (unpaired) electrons. The Hall–Kier alpha value is -3.08. The van der Waals surface area contributed by atoms with Gasteiger partial charge in [0.1, 0.15) is 17.9 Å². The number of carbonyl (C=O) groups excluding carboxylic acids is 1. The zero-order valence-electron chi connectivity index (χ0n) is 15.3. The van der Waals surface area contributed by atoms with Gasteiger partial charge in [0.25, 0.3) is 0 Å². The van der Waals surface area contributed by atoms with Crippen LogP contribution in [0.15, 0.2) is 63.8 Å². The molecule has 1 heterocycles. The van der Waals surface area contributed by atoms with Crippen molar-refractivity contribution < 1.29 is 19.1 Å². The molecule has 0 aliphatic rings. The van der Waals surface area contributed by atoms with E-state index < -0.39 is 5.63 Å². The third kappa shape index (κ3) is 4.19. The predicted octanol–water partition coefficient (Wildman–Crippen LogP) is 4.37. The Bertz CT molecular complexity index is 991. The summed E-state index contributed by atoms with van der Waals surface area (Å²) in [5.74, 6) is -0.572. The summed E-state index contributed by atoms with van der Waals surface area (Å²) in [5, 5.41) is 10.2. The Morgan fingerprint density at radius 2 is 1.89 bits per heavy atom. The van der Waals surface area contributed by atoms with E-state index in [0.717, 1.165) is 12.0 Å². The first-order valence-corrected chi connectivity index (χ1v) is 8.97. The van der Waals surface area contributed by atoms with Crippen LogP contribution < -0.4 is 5.63 Å². The molecule has 0 fully saturated rings. The van der Waals surface area contributed by atoms with Crippen molar-refractivity contribution in [1.82, 2.24) is 0 Å². The molecule has 0 aliphatic heterocycles. The molecule has 0 aliphatic carbocycles. The number of benzene rings is 2. The molecule has 0 amide bonds. The third-order valence-corrected chi connectivity index (χ3v) is 4.81. The highest BCUT2D eigenvalue weighted by atomic mass is 16.5. The Kier molecular flexibility index (Phi) is 5.60. The lowest BCUT2D eigenvalue weighted by atomic mass is 9.85. The summed E-state index contributed by atoms with van der Waals surface area (Å²) in [6.45, 7) is 4.02. The van der Waals surface area contributed by atoms with E-state index in [9.17, 15) is 14.7 Å². The van der Waals surface area contributed by atoms with Crippen molar-refractivity contribution in [3.8, 4) is 5.75 Å². The molecule has 2 aromatic carbocycles. The van der Waals surface area contributed by atoms with Gasteiger partial charge in [0.05, 0.1) is 5.92 Å². The highest BCUT2D eigenvalue weighted by Crippen LogP contribution is 2.29. The molecule has 2 atom stereocenters. The molecule has 0 saturated carbocycles. The number of phenolic OH excluding ortho intramolecular Hbond substituents is 1. The number of rotatable bonds is 6. The van der Waals surface area contributed by atoms with Crippen LogP contribution in [-0.2, 0) is 16.1 Å². The number of phenols is 1. The molecule has 5 nitrogen and oxygen atoms in total. The average Bonchev–Trinajstić information content (AvgIpc) is 2.66. The van der Waals surface area contributed by atoms with Crippen LogP contribution in [0, 0.1) is 5.92 Å². The number of ether oxygens (including phenoxy) is 1. The van der Waals surface area contributed by atoms with Crippen LogP contribution in [-0.4, -0.2) is 11.1 Å². The van der Waals surface area contributed by atoms with Crippen molar-refractivity contribution in [2.75, 3.05) is 0 Å². The van der Waals surface area contributed by atoms with Crippen LogP contribution in [0.5, 0.6) is 5.75 Å². The molecular weight excluding hydrogens is 344 g/mol. The molecule has 0 spiro atoms. The van der Waals surface area contributed by atoms with Gasteiger partial charge in [-0.1, -0.05) is 50.6 Å². The van der Waals surface area contributed by atoms with Crippen molar-refractivity contribution in [2.45, 2.75) is 32.8 Å². The summed E-state index contributed by atoms with van der Waals surface area (Å²) >= 11 is 0. The molecular formula is C22H22O5. The first kappa shape index (κ1) is 18.7. The number of carbonyl (C=O) groups is 1. The molecule has 3 aromatic rings. The number of aromatic hydroxyl groups is 1. The van der Waals surface area contributed by atoms with Gasteiger partial charge in [-0.3, -0.25) is 4.79 Å². The predicted molar refractivity (Wildman–Crippen MR) is 103 cm³/mol. The van der Waals surface area contributed by atoms with Gasteiger partial charge in [-0.15, -0.1) is 0 Å². The first-order valence-electron chi connectivity index (χ1n) is 8.97. The van der Waals surface area contributed by atoms with Gasteiger partial charge in [-0.2, -0.15) is 0 Å². The minimum absolute atomic E-state index is 0.000655. The summed E-state index contributed by atoms with van der Waals surface area (Å²) in [6, 6.07) is 15.4. The van der Waals surface area contributed by atoms with Crippen LogP contribution in [0.1, 0.15) is 37.3 Å². The van der Waals surface area contributed by atoms with Gasteiger partial charge in [0.2, 0.25) is 0 Å². The fraction of sp³-hybridized carbons (Fsp3) is 0.273. The van der Waals surface area contributed by atoms with E-state index in [2.05, 4.69) is 0 Å². The summed E-state index contributed by atoms with van der Waals surface area (Å²) < 4.78 is 10.7. The van der Waals surface area contributed by atoms with Gasteiger partial charge in [0, 0.05) is 23.1 Å². The Balaban J connectivity index is 1.86. The molecule has 3 rings (SSSR count). The first-order chi connectivity index (χ1) is 13.0. The van der Waals surface area contributed by atoms with Crippen molar-refractivity contribution >= 4 is 16.9 Å². The van der Waals surface area contributed by atoms with E-state index >= 15 is 0 Å². The maximum atomic E-state index is 12.8. The molecule has 1 N–H and O–H groups in total. The molecule has 0 saturated heterocycles. The highest BCUT2D eigenvalue weighted by Gasteiger charge is 2.27. The van der Waals surface area contributed by atoms with E-state index in [1.165, 1.54) is 18.2 Å². The van der Waals surface area contributed by atoms with Crippen LogP contribution in [0.4, 0.5) is 0 Å². The monoisotopic (exact) mass is 366 g/mol. The maximum absolute atomic E-state index is 12.8. The summed E-state index contributed by atoms with van der Waals surface area (Å²) in [7, 11) is 0. The quantitative estimate of drug-likeness (QED) is 0.518. The Morgan fingerprint density at radius 3 is 2.59 bits per heavy atom. The standard InChI is InChI=1S/C22H22O5/c1-3-14(2)21(15-7-5-4-6-8-15)22(25)26-13-16-11-20(24)27-19-12-17(23)9-10-18(16)19/h4-12,14,21,23H,3,13H2,1-2H3/t14-,21-/m0/s1. The van der Waals surface area contributed by atoms with Crippen LogP contribution >= 0.6 is 0 Å². The fourth-order valence-electron chi connectivity index (χ4n) is 3.17. The van der Waals surface area contributed by atoms with Crippen molar-refractivity contribution in [3.63, 3.8) is 0 Å². The molecule has 5 heteroatoms.